The normalized spacial score (nSPS) is 17.4. The summed E-state index contributed by atoms with van der Waals surface area (Å²) in [5.74, 6) is 1.58. The monoisotopic (exact) mass is 364 g/mol. The van der Waals surface area contributed by atoms with Gasteiger partial charge in [0.05, 0.1) is 16.9 Å². The van der Waals surface area contributed by atoms with E-state index in [1.54, 1.807) is 0 Å². The molecule has 140 valence electrons. The van der Waals surface area contributed by atoms with Gasteiger partial charge in [-0.3, -0.25) is 5.41 Å². The highest BCUT2D eigenvalue weighted by atomic mass is 16.5. The molecule has 1 saturated heterocycles. The van der Waals surface area contributed by atoms with Gasteiger partial charge in [0.1, 0.15) is 11.6 Å². The molecule has 0 atom stereocenters. The summed E-state index contributed by atoms with van der Waals surface area (Å²) in [6, 6.07) is 15.8. The van der Waals surface area contributed by atoms with E-state index in [2.05, 4.69) is 27.6 Å². The maximum absolute atomic E-state index is 7.16. The van der Waals surface area contributed by atoms with E-state index in [-0.39, 0.29) is 5.54 Å². The minimum Gasteiger partial charge on any atom is -0.446 e. The molecule has 0 saturated carbocycles. The largest absolute Gasteiger partial charge is 0.446 e. The molecular formula is C20H24N6O. The average Bonchev–Trinajstić information content (AvgIpc) is 2.70. The Labute approximate surface area is 158 Å². The highest BCUT2D eigenvalue weighted by molar-refractivity contribution is 6.00. The molecule has 2 aliphatic heterocycles. The Kier molecular flexibility index (Phi) is 5.04. The summed E-state index contributed by atoms with van der Waals surface area (Å²) in [5, 5.41) is 14.3. The quantitative estimate of drug-likeness (QED) is 0.319. The summed E-state index contributed by atoms with van der Waals surface area (Å²) < 4.78 is 5.26. The third kappa shape index (κ3) is 3.65. The van der Waals surface area contributed by atoms with E-state index in [0.29, 0.717) is 12.3 Å². The number of para-hydroxylation sites is 3. The van der Waals surface area contributed by atoms with E-state index >= 15 is 0 Å². The first-order valence-corrected chi connectivity index (χ1v) is 9.20. The number of aliphatic imine (C=N–C) groups is 1. The zero-order valence-corrected chi connectivity index (χ0v) is 15.1. The summed E-state index contributed by atoms with van der Waals surface area (Å²) in [4.78, 5) is 4.90. The fourth-order valence-electron chi connectivity index (χ4n) is 3.64. The molecule has 0 aromatic heterocycles. The van der Waals surface area contributed by atoms with E-state index in [1.165, 1.54) is 0 Å². The molecule has 0 aliphatic carbocycles. The second kappa shape index (κ2) is 7.77. The van der Waals surface area contributed by atoms with Crippen LogP contribution < -0.4 is 26.2 Å². The first-order valence-electron chi connectivity index (χ1n) is 9.20. The molecule has 27 heavy (non-hydrogen) atoms. The molecule has 0 unspecified atom stereocenters. The zero-order valence-electron chi connectivity index (χ0n) is 15.1. The molecule has 2 aliphatic rings. The van der Waals surface area contributed by atoms with Gasteiger partial charge >= 0.3 is 0 Å². The predicted molar refractivity (Wildman–Crippen MR) is 108 cm³/mol. The maximum atomic E-state index is 7.16. The smallest absolute Gasteiger partial charge is 0.173 e. The van der Waals surface area contributed by atoms with E-state index in [0.717, 1.165) is 55.1 Å². The van der Waals surface area contributed by atoms with Crippen LogP contribution in [-0.2, 0) is 6.54 Å². The van der Waals surface area contributed by atoms with Gasteiger partial charge in [-0.15, -0.1) is 0 Å². The highest BCUT2D eigenvalue weighted by Crippen LogP contribution is 2.36. The molecule has 2 aromatic carbocycles. The lowest BCUT2D eigenvalue weighted by molar-refractivity contribution is 0.406. The van der Waals surface area contributed by atoms with Crippen molar-refractivity contribution in [3.8, 4) is 5.75 Å². The number of nitrogens with one attached hydrogen (secondary N) is 5. The van der Waals surface area contributed by atoms with Crippen molar-refractivity contribution in [2.75, 3.05) is 18.4 Å². The molecule has 7 nitrogen and oxygen atoms in total. The summed E-state index contributed by atoms with van der Waals surface area (Å²) >= 11 is 0. The number of fused-ring (bicyclic) bond motifs is 1. The van der Waals surface area contributed by atoms with E-state index in [1.807, 2.05) is 42.5 Å². The number of ether oxygens (including phenoxy) is 1. The average molecular weight is 364 g/mol. The van der Waals surface area contributed by atoms with Crippen LogP contribution in [0, 0.1) is 5.41 Å². The molecule has 0 radical (unpaired) electrons. The number of amidine groups is 1. The van der Waals surface area contributed by atoms with Crippen LogP contribution in [0.5, 0.6) is 5.75 Å². The Hall–Kier alpha value is -2.90. The van der Waals surface area contributed by atoms with Crippen LogP contribution in [-0.4, -0.2) is 30.9 Å². The van der Waals surface area contributed by atoms with Crippen molar-refractivity contribution in [2.24, 2.45) is 4.99 Å². The summed E-state index contributed by atoms with van der Waals surface area (Å²) in [5.41, 5.74) is 9.41. The SMILES string of the molecule is N=COc1ccccc1CNNC1=Nc2ccccc2NC12CCNCC2. The van der Waals surface area contributed by atoms with Crippen LogP contribution in [0.2, 0.25) is 0 Å². The van der Waals surface area contributed by atoms with Crippen molar-refractivity contribution in [3.63, 3.8) is 0 Å². The number of hydrogen-bond donors (Lipinski definition) is 5. The standard InChI is InChI=1S/C20H24N6O/c21-14-27-18-8-4-1-5-15(18)13-23-26-19-20(9-11-22-12-10-20)25-17-7-3-2-6-16(17)24-19/h1-8,14,21-23,25H,9-13H2,(H,24,26). The molecule has 1 fully saturated rings. The second-order valence-corrected chi connectivity index (χ2v) is 6.76. The highest BCUT2D eigenvalue weighted by Gasteiger charge is 2.40. The van der Waals surface area contributed by atoms with Crippen LogP contribution in [0.4, 0.5) is 11.4 Å². The van der Waals surface area contributed by atoms with E-state index in [9.17, 15) is 0 Å². The lowest BCUT2D eigenvalue weighted by Crippen LogP contribution is -2.60. The van der Waals surface area contributed by atoms with Gasteiger partial charge in [-0.25, -0.2) is 10.4 Å². The molecule has 0 amide bonds. The fraction of sp³-hybridized carbons (Fsp3) is 0.300. The molecule has 5 N–H and O–H groups in total. The number of anilines is 1. The maximum Gasteiger partial charge on any atom is 0.173 e. The van der Waals surface area contributed by atoms with Crippen molar-refractivity contribution in [1.29, 1.82) is 5.41 Å². The van der Waals surface area contributed by atoms with Gasteiger partial charge in [-0.1, -0.05) is 30.3 Å². The van der Waals surface area contributed by atoms with Gasteiger partial charge in [0.2, 0.25) is 0 Å². The Morgan fingerprint density at radius 1 is 1.11 bits per heavy atom. The molecule has 2 heterocycles. The van der Waals surface area contributed by atoms with Gasteiger partial charge in [0, 0.05) is 12.1 Å². The number of benzene rings is 2. The molecule has 2 aromatic rings. The minimum atomic E-state index is -0.197. The van der Waals surface area contributed by atoms with Gasteiger partial charge < -0.3 is 20.8 Å². The third-order valence-electron chi connectivity index (χ3n) is 5.06. The Morgan fingerprint density at radius 2 is 1.89 bits per heavy atom. The van der Waals surface area contributed by atoms with Crippen molar-refractivity contribution >= 4 is 23.6 Å². The van der Waals surface area contributed by atoms with Gasteiger partial charge in [-0.05, 0) is 44.1 Å². The zero-order chi connectivity index (χ0) is 18.5. The summed E-state index contributed by atoms with van der Waals surface area (Å²) in [6.45, 7) is 2.46. The topological polar surface area (TPSA) is 93.6 Å². The molecule has 4 rings (SSSR count). The summed E-state index contributed by atoms with van der Waals surface area (Å²) in [6.07, 6.45) is 2.87. The number of nitrogens with zero attached hydrogens (tertiary/aromatic N) is 1. The van der Waals surface area contributed by atoms with Crippen LogP contribution in [0.15, 0.2) is 53.5 Å². The van der Waals surface area contributed by atoms with Crippen LogP contribution in [0.1, 0.15) is 18.4 Å². The molecule has 7 heteroatoms. The third-order valence-corrected chi connectivity index (χ3v) is 5.06. The van der Waals surface area contributed by atoms with Crippen LogP contribution >= 0.6 is 0 Å². The first kappa shape index (κ1) is 17.5. The first-order chi connectivity index (χ1) is 13.3. The predicted octanol–water partition coefficient (Wildman–Crippen LogP) is 2.54. The molecule has 1 spiro atoms. The lowest BCUT2D eigenvalue weighted by atomic mass is 9.85. The lowest BCUT2D eigenvalue weighted by Gasteiger charge is -2.42. The number of hydrazine groups is 1. The number of piperidine rings is 1. The van der Waals surface area contributed by atoms with E-state index in [4.69, 9.17) is 15.1 Å². The Morgan fingerprint density at radius 3 is 2.74 bits per heavy atom. The van der Waals surface area contributed by atoms with Gasteiger partial charge in [0.25, 0.3) is 0 Å². The van der Waals surface area contributed by atoms with E-state index < -0.39 is 0 Å². The Balaban J connectivity index is 1.52. The van der Waals surface area contributed by atoms with Gasteiger partial charge in [-0.2, -0.15) is 0 Å². The Bertz CT molecular complexity index is 844. The second-order valence-electron chi connectivity index (χ2n) is 6.76. The summed E-state index contributed by atoms with van der Waals surface area (Å²) in [7, 11) is 0. The van der Waals surface area contributed by atoms with Gasteiger partial charge in [0.15, 0.2) is 6.40 Å². The van der Waals surface area contributed by atoms with Crippen molar-refractivity contribution in [1.82, 2.24) is 16.2 Å². The molecule has 0 bridgehead atoms. The minimum absolute atomic E-state index is 0.197. The number of rotatable bonds is 5. The fourth-order valence-corrected chi connectivity index (χ4v) is 3.64. The van der Waals surface area contributed by atoms with Crippen LogP contribution in [0.25, 0.3) is 0 Å². The van der Waals surface area contributed by atoms with Crippen molar-refractivity contribution in [2.45, 2.75) is 24.9 Å². The van der Waals surface area contributed by atoms with Crippen LogP contribution in [0.3, 0.4) is 0 Å². The molecular weight excluding hydrogens is 340 g/mol. The van der Waals surface area contributed by atoms with Crippen molar-refractivity contribution in [3.05, 3.63) is 54.1 Å². The van der Waals surface area contributed by atoms with Crippen molar-refractivity contribution < 1.29 is 4.74 Å². The number of hydrogen-bond acceptors (Lipinski definition) is 7.